The van der Waals surface area contributed by atoms with Crippen molar-refractivity contribution in [1.29, 1.82) is 0 Å². The van der Waals surface area contributed by atoms with E-state index in [-0.39, 0.29) is 5.92 Å². The summed E-state index contributed by atoms with van der Waals surface area (Å²) in [6, 6.07) is 0.334. The maximum Gasteiger partial charge on any atom is 0.265 e. The smallest absolute Gasteiger partial charge is 0.265 e. The van der Waals surface area contributed by atoms with Crippen LogP contribution in [-0.2, 0) is 0 Å². The van der Waals surface area contributed by atoms with Gasteiger partial charge in [0.2, 0.25) is 5.89 Å². The molecule has 0 aliphatic heterocycles. The summed E-state index contributed by atoms with van der Waals surface area (Å²) in [5, 5.41) is 7.50. The molecule has 0 aliphatic rings. The second kappa shape index (κ2) is 6.73. The van der Waals surface area contributed by atoms with E-state index in [2.05, 4.69) is 43.2 Å². The van der Waals surface area contributed by atoms with Crippen molar-refractivity contribution in [3.63, 3.8) is 0 Å². The molecule has 0 bridgehead atoms. The van der Waals surface area contributed by atoms with Crippen molar-refractivity contribution in [3.05, 3.63) is 5.89 Å². The highest BCUT2D eigenvalue weighted by Gasteiger charge is 2.28. The van der Waals surface area contributed by atoms with Crippen LogP contribution in [0.25, 0.3) is 0 Å². The van der Waals surface area contributed by atoms with Crippen LogP contribution in [0.5, 0.6) is 0 Å². The normalized spacial score (nSPS) is 14.8. The SMILES string of the molecule is CCCNC(C)C(c1nc(N(C)C)no1)C(C)C. The molecule has 0 aliphatic carbocycles. The van der Waals surface area contributed by atoms with Gasteiger partial charge in [-0.2, -0.15) is 4.98 Å². The summed E-state index contributed by atoms with van der Waals surface area (Å²) in [7, 11) is 3.83. The number of hydrogen-bond acceptors (Lipinski definition) is 5. The molecule has 1 N–H and O–H groups in total. The van der Waals surface area contributed by atoms with E-state index < -0.39 is 0 Å². The van der Waals surface area contributed by atoms with Crippen molar-refractivity contribution in [1.82, 2.24) is 15.5 Å². The van der Waals surface area contributed by atoms with E-state index in [0.29, 0.717) is 17.9 Å². The molecule has 0 spiro atoms. The number of hydrogen-bond donors (Lipinski definition) is 1. The molecular formula is C13H26N4O. The van der Waals surface area contributed by atoms with Crippen molar-refractivity contribution in [2.24, 2.45) is 5.92 Å². The third kappa shape index (κ3) is 3.70. The Labute approximate surface area is 110 Å². The molecule has 0 radical (unpaired) electrons. The van der Waals surface area contributed by atoms with Crippen LogP contribution in [-0.4, -0.2) is 36.8 Å². The van der Waals surface area contributed by atoms with E-state index in [9.17, 15) is 0 Å². The van der Waals surface area contributed by atoms with E-state index in [0.717, 1.165) is 18.9 Å². The van der Waals surface area contributed by atoms with Gasteiger partial charge < -0.3 is 14.7 Å². The van der Waals surface area contributed by atoms with E-state index in [1.165, 1.54) is 0 Å². The van der Waals surface area contributed by atoms with Crippen LogP contribution in [0.4, 0.5) is 5.95 Å². The van der Waals surface area contributed by atoms with Gasteiger partial charge in [0.25, 0.3) is 5.95 Å². The zero-order valence-corrected chi connectivity index (χ0v) is 12.4. The minimum absolute atomic E-state index is 0.248. The van der Waals surface area contributed by atoms with Crippen LogP contribution in [0.15, 0.2) is 4.52 Å². The van der Waals surface area contributed by atoms with Crippen LogP contribution in [0, 0.1) is 5.92 Å². The summed E-state index contributed by atoms with van der Waals surface area (Å²) >= 11 is 0. The van der Waals surface area contributed by atoms with E-state index in [1.807, 2.05) is 19.0 Å². The summed E-state index contributed by atoms with van der Waals surface area (Å²) in [6.07, 6.45) is 1.13. The largest absolute Gasteiger partial charge is 0.344 e. The molecule has 0 fully saturated rings. The third-order valence-corrected chi connectivity index (χ3v) is 3.09. The summed E-state index contributed by atoms with van der Waals surface area (Å²) < 4.78 is 5.41. The van der Waals surface area contributed by atoms with Crippen molar-refractivity contribution in [2.45, 2.75) is 46.1 Å². The Morgan fingerprint density at radius 3 is 2.39 bits per heavy atom. The number of nitrogens with zero attached hydrogens (tertiary/aromatic N) is 3. The maximum absolute atomic E-state index is 5.41. The topological polar surface area (TPSA) is 54.2 Å². The maximum atomic E-state index is 5.41. The third-order valence-electron chi connectivity index (χ3n) is 3.09. The van der Waals surface area contributed by atoms with Crippen LogP contribution < -0.4 is 10.2 Å². The Morgan fingerprint density at radius 2 is 1.94 bits per heavy atom. The average molecular weight is 254 g/mol. The van der Waals surface area contributed by atoms with Gasteiger partial charge >= 0.3 is 0 Å². The first-order valence-electron chi connectivity index (χ1n) is 6.71. The number of aromatic nitrogens is 2. The minimum atomic E-state index is 0.248. The van der Waals surface area contributed by atoms with E-state index in [4.69, 9.17) is 4.52 Å². The predicted octanol–water partition coefficient (Wildman–Crippen LogP) is 2.26. The second-order valence-corrected chi connectivity index (χ2v) is 5.34. The highest BCUT2D eigenvalue weighted by Crippen LogP contribution is 2.27. The highest BCUT2D eigenvalue weighted by molar-refractivity contribution is 5.24. The van der Waals surface area contributed by atoms with Gasteiger partial charge in [-0.25, -0.2) is 0 Å². The Balaban J connectivity index is 2.83. The first-order chi connectivity index (χ1) is 8.47. The fourth-order valence-electron chi connectivity index (χ4n) is 2.12. The van der Waals surface area contributed by atoms with Crippen molar-refractivity contribution in [2.75, 3.05) is 25.5 Å². The molecule has 2 atom stereocenters. The monoisotopic (exact) mass is 254 g/mol. The van der Waals surface area contributed by atoms with Gasteiger partial charge in [-0.1, -0.05) is 20.8 Å². The second-order valence-electron chi connectivity index (χ2n) is 5.34. The lowest BCUT2D eigenvalue weighted by atomic mass is 9.89. The van der Waals surface area contributed by atoms with Gasteiger partial charge in [-0.05, 0) is 31.0 Å². The molecule has 0 saturated heterocycles. The van der Waals surface area contributed by atoms with Crippen molar-refractivity contribution in [3.8, 4) is 0 Å². The number of anilines is 1. The Kier molecular flexibility index (Phi) is 5.59. The van der Waals surface area contributed by atoms with Crippen LogP contribution in [0.3, 0.4) is 0 Å². The lowest BCUT2D eigenvalue weighted by Gasteiger charge is -2.25. The van der Waals surface area contributed by atoms with Crippen molar-refractivity contribution < 1.29 is 4.52 Å². The van der Waals surface area contributed by atoms with Gasteiger partial charge in [0.05, 0.1) is 5.92 Å². The lowest BCUT2D eigenvalue weighted by Crippen LogP contribution is -2.35. The summed E-state index contributed by atoms with van der Waals surface area (Å²) in [6.45, 7) is 9.74. The summed E-state index contributed by atoms with van der Waals surface area (Å²) in [5.41, 5.74) is 0. The average Bonchev–Trinajstić information content (AvgIpc) is 2.75. The van der Waals surface area contributed by atoms with Crippen LogP contribution in [0.1, 0.15) is 45.9 Å². The molecule has 5 heteroatoms. The quantitative estimate of drug-likeness (QED) is 0.809. The summed E-state index contributed by atoms with van der Waals surface area (Å²) in [5.74, 6) is 2.07. The zero-order chi connectivity index (χ0) is 13.7. The standard InChI is InChI=1S/C13H26N4O/c1-7-8-14-10(4)11(9(2)3)12-15-13(16-18-12)17(5)6/h9-11,14H,7-8H2,1-6H3. The van der Waals surface area contributed by atoms with Gasteiger partial charge in [0, 0.05) is 20.1 Å². The minimum Gasteiger partial charge on any atom is -0.344 e. The predicted molar refractivity (Wildman–Crippen MR) is 74.0 cm³/mol. The Hall–Kier alpha value is -1.10. The fraction of sp³-hybridized carbons (Fsp3) is 0.846. The molecule has 1 aromatic heterocycles. The molecule has 18 heavy (non-hydrogen) atoms. The molecule has 2 unspecified atom stereocenters. The molecule has 104 valence electrons. The zero-order valence-electron chi connectivity index (χ0n) is 12.4. The molecular weight excluding hydrogens is 228 g/mol. The van der Waals surface area contributed by atoms with E-state index >= 15 is 0 Å². The fourth-order valence-corrected chi connectivity index (χ4v) is 2.12. The molecule has 1 heterocycles. The molecule has 1 rings (SSSR count). The Morgan fingerprint density at radius 1 is 1.28 bits per heavy atom. The molecule has 1 aromatic rings. The van der Waals surface area contributed by atoms with Crippen LogP contribution in [0.2, 0.25) is 0 Å². The first kappa shape index (κ1) is 15.0. The van der Waals surface area contributed by atoms with Gasteiger partial charge in [0.15, 0.2) is 0 Å². The number of rotatable bonds is 7. The molecule has 0 amide bonds. The first-order valence-corrected chi connectivity index (χ1v) is 6.71. The number of nitrogens with one attached hydrogen (secondary N) is 1. The summed E-state index contributed by atoms with van der Waals surface area (Å²) in [4.78, 5) is 6.32. The molecule has 0 saturated carbocycles. The Bertz CT molecular complexity index is 349. The van der Waals surface area contributed by atoms with E-state index in [1.54, 1.807) is 0 Å². The highest BCUT2D eigenvalue weighted by atomic mass is 16.5. The van der Waals surface area contributed by atoms with Gasteiger partial charge in [-0.3, -0.25) is 0 Å². The lowest BCUT2D eigenvalue weighted by molar-refractivity contribution is 0.280. The van der Waals surface area contributed by atoms with Crippen molar-refractivity contribution >= 4 is 5.95 Å². The van der Waals surface area contributed by atoms with Gasteiger partial charge in [0.1, 0.15) is 0 Å². The van der Waals surface area contributed by atoms with Gasteiger partial charge in [-0.15, -0.1) is 0 Å². The van der Waals surface area contributed by atoms with Crippen LogP contribution >= 0.6 is 0 Å². The molecule has 0 aromatic carbocycles. The molecule has 5 nitrogen and oxygen atoms in total.